The van der Waals surface area contributed by atoms with Crippen molar-refractivity contribution in [1.29, 1.82) is 0 Å². The lowest BCUT2D eigenvalue weighted by molar-refractivity contribution is -0.118. The zero-order valence-corrected chi connectivity index (χ0v) is 9.71. The van der Waals surface area contributed by atoms with Gasteiger partial charge in [0.15, 0.2) is 9.84 Å². The minimum Gasteiger partial charge on any atom is -0.391 e. The number of sulfone groups is 1. The number of carbonyl (C=O) groups is 1. The Labute approximate surface area is 89.5 Å². The molecule has 0 fully saturated rings. The van der Waals surface area contributed by atoms with Crippen molar-refractivity contribution in [3.63, 3.8) is 0 Å². The second kappa shape index (κ2) is 6.76. The van der Waals surface area contributed by atoms with Crippen LogP contribution in [0.5, 0.6) is 0 Å². The molecule has 0 radical (unpaired) electrons. The topological polar surface area (TPSA) is 92.7 Å². The third-order valence-corrected chi connectivity index (χ3v) is 2.34. The number of aliphatic hydroxyl groups is 1. The summed E-state index contributed by atoms with van der Waals surface area (Å²) >= 11 is 0. The van der Waals surface area contributed by atoms with Gasteiger partial charge in [-0.05, 0) is 6.42 Å². The Hall–Kier alpha value is -0.660. The number of rotatable bonds is 7. The molecule has 0 aromatic heterocycles. The second-order valence-corrected chi connectivity index (χ2v) is 5.46. The molecule has 6 nitrogen and oxygen atoms in total. The number of aliphatic hydroxyl groups excluding tert-OH is 1. The summed E-state index contributed by atoms with van der Waals surface area (Å²) in [5.41, 5.74) is 0. The first-order valence-corrected chi connectivity index (χ1v) is 6.52. The van der Waals surface area contributed by atoms with E-state index in [0.717, 1.165) is 6.26 Å². The third-order valence-electron chi connectivity index (χ3n) is 1.55. The summed E-state index contributed by atoms with van der Waals surface area (Å²) in [7, 11) is -1.82. The summed E-state index contributed by atoms with van der Waals surface area (Å²) in [5.74, 6) is -1.07. The normalized spacial score (nSPS) is 13.5. The lowest BCUT2D eigenvalue weighted by Crippen LogP contribution is -2.32. The fourth-order valence-corrected chi connectivity index (χ4v) is 1.52. The van der Waals surface area contributed by atoms with Gasteiger partial charge < -0.3 is 15.2 Å². The molecule has 0 heterocycles. The summed E-state index contributed by atoms with van der Waals surface area (Å²) in [6, 6.07) is 0. The standard InChI is InChI=1S/C8H17NO5S/c1-14-5-7(10)3-4-9-8(11)6-15(2,12)13/h7,10H,3-6H2,1-2H3,(H,9,11). The van der Waals surface area contributed by atoms with Crippen molar-refractivity contribution in [3.8, 4) is 0 Å². The molecule has 1 amide bonds. The zero-order valence-electron chi connectivity index (χ0n) is 8.89. The molecule has 0 aromatic carbocycles. The van der Waals surface area contributed by atoms with Gasteiger partial charge in [0.1, 0.15) is 5.75 Å². The van der Waals surface area contributed by atoms with E-state index in [4.69, 9.17) is 0 Å². The highest BCUT2D eigenvalue weighted by Gasteiger charge is 2.10. The lowest BCUT2D eigenvalue weighted by Gasteiger charge is -2.09. The first-order chi connectivity index (χ1) is 6.85. The number of hydrogen-bond donors (Lipinski definition) is 2. The third kappa shape index (κ3) is 9.64. The van der Waals surface area contributed by atoms with Crippen LogP contribution < -0.4 is 5.32 Å². The van der Waals surface area contributed by atoms with Gasteiger partial charge in [-0.2, -0.15) is 0 Å². The predicted molar refractivity (Wildman–Crippen MR) is 55.2 cm³/mol. The molecule has 7 heteroatoms. The Bertz CT molecular complexity index is 287. The summed E-state index contributed by atoms with van der Waals surface area (Å²) in [4.78, 5) is 11.0. The number of hydrogen-bond acceptors (Lipinski definition) is 5. The van der Waals surface area contributed by atoms with Crippen LogP contribution in [0.3, 0.4) is 0 Å². The molecule has 0 saturated carbocycles. The van der Waals surface area contributed by atoms with Gasteiger partial charge in [0.05, 0.1) is 12.7 Å². The molecule has 0 bridgehead atoms. The molecule has 0 saturated heterocycles. The van der Waals surface area contributed by atoms with Crippen LogP contribution in [0.1, 0.15) is 6.42 Å². The van der Waals surface area contributed by atoms with E-state index in [1.807, 2.05) is 0 Å². The van der Waals surface area contributed by atoms with Gasteiger partial charge in [0, 0.05) is 19.9 Å². The molecule has 0 aliphatic carbocycles. The van der Waals surface area contributed by atoms with Crippen molar-refractivity contribution < 1.29 is 23.1 Å². The Kier molecular flexibility index (Phi) is 6.46. The first kappa shape index (κ1) is 14.3. The lowest BCUT2D eigenvalue weighted by atomic mass is 10.3. The maximum atomic E-state index is 11.0. The number of ether oxygens (including phenoxy) is 1. The van der Waals surface area contributed by atoms with Crippen molar-refractivity contribution in [1.82, 2.24) is 5.32 Å². The van der Waals surface area contributed by atoms with Gasteiger partial charge in [0.2, 0.25) is 5.91 Å². The van der Waals surface area contributed by atoms with E-state index in [9.17, 15) is 18.3 Å². The Balaban J connectivity index is 3.64. The molecule has 0 spiro atoms. The predicted octanol–water partition coefficient (Wildman–Crippen LogP) is -1.46. The van der Waals surface area contributed by atoms with Crippen molar-refractivity contribution in [2.75, 3.05) is 32.3 Å². The van der Waals surface area contributed by atoms with Crippen molar-refractivity contribution in [2.24, 2.45) is 0 Å². The first-order valence-electron chi connectivity index (χ1n) is 4.46. The highest BCUT2D eigenvalue weighted by atomic mass is 32.2. The van der Waals surface area contributed by atoms with Gasteiger partial charge in [-0.1, -0.05) is 0 Å². The maximum absolute atomic E-state index is 11.0. The summed E-state index contributed by atoms with van der Waals surface area (Å²) in [6.07, 6.45) is 0.684. The van der Waals surface area contributed by atoms with E-state index < -0.39 is 27.6 Å². The molecule has 0 aliphatic heterocycles. The van der Waals surface area contributed by atoms with Gasteiger partial charge in [0.25, 0.3) is 0 Å². The van der Waals surface area contributed by atoms with Crippen molar-refractivity contribution in [2.45, 2.75) is 12.5 Å². The molecule has 0 aliphatic rings. The molecular weight excluding hydrogens is 222 g/mol. The van der Waals surface area contributed by atoms with Crippen LogP contribution in [-0.2, 0) is 19.4 Å². The fourth-order valence-electron chi connectivity index (χ4n) is 0.943. The van der Waals surface area contributed by atoms with Crippen LogP contribution in [0, 0.1) is 0 Å². The van der Waals surface area contributed by atoms with Crippen LogP contribution in [-0.4, -0.2) is 57.8 Å². The monoisotopic (exact) mass is 239 g/mol. The van der Waals surface area contributed by atoms with Crippen molar-refractivity contribution in [3.05, 3.63) is 0 Å². The Morgan fingerprint density at radius 2 is 2.13 bits per heavy atom. The Morgan fingerprint density at radius 3 is 2.60 bits per heavy atom. The minimum absolute atomic E-state index is 0.196. The number of methoxy groups -OCH3 is 1. The Morgan fingerprint density at radius 1 is 1.53 bits per heavy atom. The van der Waals surface area contributed by atoms with Crippen LogP contribution in [0.4, 0.5) is 0 Å². The van der Waals surface area contributed by atoms with Crippen molar-refractivity contribution >= 4 is 15.7 Å². The number of nitrogens with one attached hydrogen (secondary N) is 1. The van der Waals surface area contributed by atoms with Gasteiger partial charge in [-0.15, -0.1) is 0 Å². The second-order valence-electron chi connectivity index (χ2n) is 3.32. The largest absolute Gasteiger partial charge is 0.391 e. The molecular formula is C8H17NO5S. The molecule has 2 N–H and O–H groups in total. The highest BCUT2D eigenvalue weighted by Crippen LogP contribution is 1.90. The molecule has 15 heavy (non-hydrogen) atoms. The average molecular weight is 239 g/mol. The summed E-state index contributed by atoms with van der Waals surface area (Å²) in [5, 5.41) is 11.6. The molecule has 1 unspecified atom stereocenters. The van der Waals surface area contributed by atoms with Crippen LogP contribution in [0.15, 0.2) is 0 Å². The summed E-state index contributed by atoms with van der Waals surface area (Å²) < 4.78 is 26.1. The highest BCUT2D eigenvalue weighted by molar-refractivity contribution is 7.91. The maximum Gasteiger partial charge on any atom is 0.235 e. The van der Waals surface area contributed by atoms with E-state index in [0.29, 0.717) is 6.42 Å². The molecule has 0 aromatic rings. The van der Waals surface area contributed by atoms with Crippen LogP contribution >= 0.6 is 0 Å². The van der Waals surface area contributed by atoms with E-state index in [1.54, 1.807) is 0 Å². The van der Waals surface area contributed by atoms with Crippen LogP contribution in [0.2, 0.25) is 0 Å². The van der Waals surface area contributed by atoms with E-state index in [2.05, 4.69) is 10.1 Å². The smallest absolute Gasteiger partial charge is 0.235 e. The minimum atomic E-state index is -3.28. The number of carbonyl (C=O) groups excluding carboxylic acids is 1. The summed E-state index contributed by atoms with van der Waals surface area (Å²) in [6.45, 7) is 0.431. The quantitative estimate of drug-likeness (QED) is 0.566. The average Bonchev–Trinajstić information content (AvgIpc) is 2.00. The van der Waals surface area contributed by atoms with E-state index in [-0.39, 0.29) is 13.2 Å². The van der Waals surface area contributed by atoms with Crippen LogP contribution in [0.25, 0.3) is 0 Å². The molecule has 1 atom stereocenters. The van der Waals surface area contributed by atoms with Gasteiger partial charge in [-0.25, -0.2) is 8.42 Å². The van der Waals surface area contributed by atoms with E-state index >= 15 is 0 Å². The SMILES string of the molecule is COCC(O)CCNC(=O)CS(C)(=O)=O. The van der Waals surface area contributed by atoms with Gasteiger partial charge in [-0.3, -0.25) is 4.79 Å². The zero-order chi connectivity index (χ0) is 11.9. The fraction of sp³-hybridized carbons (Fsp3) is 0.875. The van der Waals surface area contributed by atoms with Gasteiger partial charge >= 0.3 is 0 Å². The molecule has 90 valence electrons. The number of amides is 1. The van der Waals surface area contributed by atoms with E-state index in [1.165, 1.54) is 7.11 Å². The molecule has 0 rings (SSSR count).